The highest BCUT2D eigenvalue weighted by atomic mass is 16.1. The van der Waals surface area contributed by atoms with Crippen LogP contribution in [0.25, 0.3) is 0 Å². The molecule has 3 N–H and O–H groups in total. The summed E-state index contributed by atoms with van der Waals surface area (Å²) in [6.07, 6.45) is 1.95. The molecule has 0 saturated carbocycles. The summed E-state index contributed by atoms with van der Waals surface area (Å²) in [4.78, 5) is 13.7. The van der Waals surface area contributed by atoms with E-state index >= 15 is 0 Å². The van der Waals surface area contributed by atoms with Crippen molar-refractivity contribution in [2.45, 2.75) is 26.3 Å². The van der Waals surface area contributed by atoms with Gasteiger partial charge in [-0.2, -0.15) is 0 Å². The second kappa shape index (κ2) is 6.57. The molecule has 1 amide bonds. The number of benzene rings is 1. The van der Waals surface area contributed by atoms with Crippen LogP contribution in [-0.2, 0) is 11.3 Å². The number of primary amides is 1. The summed E-state index contributed by atoms with van der Waals surface area (Å²) < 4.78 is 0. The highest BCUT2D eigenvalue weighted by Crippen LogP contribution is 2.26. The van der Waals surface area contributed by atoms with Crippen LogP contribution in [0.3, 0.4) is 0 Å². The number of rotatable bonds is 5. The van der Waals surface area contributed by atoms with E-state index in [1.165, 1.54) is 11.3 Å². The summed E-state index contributed by atoms with van der Waals surface area (Å²) in [5, 5.41) is 3.36. The standard InChI is InChI=1S/C15H23N3O/c1-2-17-10-12-6-3-4-8-14(12)18-9-5-7-13(11-18)15(16)19/h3-4,6,8,13,17H,2,5,7,9-11H2,1H3,(H2,16,19). The topological polar surface area (TPSA) is 58.4 Å². The van der Waals surface area contributed by atoms with Crippen molar-refractivity contribution in [2.24, 2.45) is 11.7 Å². The first kappa shape index (κ1) is 13.9. The Morgan fingerprint density at radius 1 is 1.47 bits per heavy atom. The largest absolute Gasteiger partial charge is 0.370 e. The van der Waals surface area contributed by atoms with Gasteiger partial charge < -0.3 is 16.0 Å². The Morgan fingerprint density at radius 3 is 3.00 bits per heavy atom. The molecule has 1 fully saturated rings. The number of nitrogens with zero attached hydrogens (tertiary/aromatic N) is 1. The molecule has 1 saturated heterocycles. The zero-order valence-electron chi connectivity index (χ0n) is 11.6. The van der Waals surface area contributed by atoms with Gasteiger partial charge in [-0.3, -0.25) is 4.79 Å². The molecule has 1 aromatic carbocycles. The quantitative estimate of drug-likeness (QED) is 0.844. The minimum atomic E-state index is -0.172. The summed E-state index contributed by atoms with van der Waals surface area (Å²) in [6, 6.07) is 8.40. The van der Waals surface area contributed by atoms with Gasteiger partial charge in [0.15, 0.2) is 0 Å². The second-order valence-corrected chi connectivity index (χ2v) is 5.10. The Kier molecular flexibility index (Phi) is 4.80. The van der Waals surface area contributed by atoms with Gasteiger partial charge in [-0.15, -0.1) is 0 Å². The van der Waals surface area contributed by atoms with Gasteiger partial charge in [0.1, 0.15) is 0 Å². The third-order valence-corrected chi connectivity index (χ3v) is 3.72. The first-order chi connectivity index (χ1) is 9.22. The van der Waals surface area contributed by atoms with E-state index in [-0.39, 0.29) is 11.8 Å². The molecule has 104 valence electrons. The van der Waals surface area contributed by atoms with E-state index in [1.54, 1.807) is 0 Å². The van der Waals surface area contributed by atoms with E-state index in [0.29, 0.717) is 0 Å². The van der Waals surface area contributed by atoms with Gasteiger partial charge in [0.05, 0.1) is 5.92 Å². The summed E-state index contributed by atoms with van der Waals surface area (Å²) in [5.74, 6) is -0.185. The van der Waals surface area contributed by atoms with Gasteiger partial charge in [0.25, 0.3) is 0 Å². The molecule has 1 aliphatic heterocycles. The number of amides is 1. The highest BCUT2D eigenvalue weighted by molar-refractivity contribution is 5.77. The second-order valence-electron chi connectivity index (χ2n) is 5.10. The fraction of sp³-hybridized carbons (Fsp3) is 0.533. The lowest BCUT2D eigenvalue weighted by Crippen LogP contribution is -2.41. The molecule has 0 aromatic heterocycles. The summed E-state index contributed by atoms with van der Waals surface area (Å²) in [7, 11) is 0. The Morgan fingerprint density at radius 2 is 2.26 bits per heavy atom. The van der Waals surface area contributed by atoms with Gasteiger partial charge >= 0.3 is 0 Å². The molecule has 1 heterocycles. The van der Waals surface area contributed by atoms with Gasteiger partial charge in [0, 0.05) is 25.3 Å². The van der Waals surface area contributed by atoms with E-state index in [2.05, 4.69) is 41.4 Å². The Bertz CT molecular complexity index is 433. The van der Waals surface area contributed by atoms with Crippen LogP contribution in [0.2, 0.25) is 0 Å². The molecule has 2 rings (SSSR count). The third kappa shape index (κ3) is 3.47. The van der Waals surface area contributed by atoms with Crippen molar-refractivity contribution in [3.63, 3.8) is 0 Å². The normalized spacial score (nSPS) is 19.4. The van der Waals surface area contributed by atoms with Crippen LogP contribution in [0, 0.1) is 5.92 Å². The molecule has 4 nitrogen and oxygen atoms in total. The maximum atomic E-state index is 11.4. The summed E-state index contributed by atoms with van der Waals surface area (Å²) in [5.41, 5.74) is 7.97. The number of hydrogen-bond acceptors (Lipinski definition) is 3. The fourth-order valence-corrected chi connectivity index (χ4v) is 2.66. The van der Waals surface area contributed by atoms with E-state index in [4.69, 9.17) is 5.73 Å². The number of hydrogen-bond donors (Lipinski definition) is 2. The van der Waals surface area contributed by atoms with Crippen LogP contribution in [0.4, 0.5) is 5.69 Å². The lowest BCUT2D eigenvalue weighted by molar-refractivity contribution is -0.122. The lowest BCUT2D eigenvalue weighted by Gasteiger charge is -2.34. The SMILES string of the molecule is CCNCc1ccccc1N1CCCC(C(N)=O)C1. The molecule has 0 radical (unpaired) electrons. The van der Waals surface area contributed by atoms with Crippen molar-refractivity contribution < 1.29 is 4.79 Å². The van der Waals surface area contributed by atoms with Gasteiger partial charge in [-0.1, -0.05) is 25.1 Å². The Balaban J connectivity index is 2.14. The smallest absolute Gasteiger partial charge is 0.222 e. The molecule has 1 atom stereocenters. The van der Waals surface area contributed by atoms with E-state index in [1.807, 2.05) is 0 Å². The number of nitrogens with one attached hydrogen (secondary N) is 1. The fourth-order valence-electron chi connectivity index (χ4n) is 2.66. The van der Waals surface area contributed by atoms with Gasteiger partial charge in [-0.25, -0.2) is 0 Å². The zero-order valence-corrected chi connectivity index (χ0v) is 11.6. The third-order valence-electron chi connectivity index (χ3n) is 3.72. The van der Waals surface area contributed by atoms with Gasteiger partial charge in [-0.05, 0) is 31.0 Å². The first-order valence-corrected chi connectivity index (χ1v) is 7.05. The average molecular weight is 261 g/mol. The van der Waals surface area contributed by atoms with Gasteiger partial charge in [0.2, 0.25) is 5.91 Å². The molecule has 1 aromatic rings. The predicted octanol–water partition coefficient (Wildman–Crippen LogP) is 1.50. The van der Waals surface area contributed by atoms with E-state index in [0.717, 1.165) is 39.0 Å². The van der Waals surface area contributed by atoms with Crippen molar-refractivity contribution in [3.05, 3.63) is 29.8 Å². The molecule has 0 spiro atoms. The molecule has 1 unspecified atom stereocenters. The maximum absolute atomic E-state index is 11.4. The zero-order chi connectivity index (χ0) is 13.7. The lowest BCUT2D eigenvalue weighted by atomic mass is 9.96. The molecule has 0 bridgehead atoms. The molecular weight excluding hydrogens is 238 g/mol. The number of nitrogens with two attached hydrogens (primary N) is 1. The molecular formula is C15H23N3O. The Labute approximate surface area is 115 Å². The van der Waals surface area contributed by atoms with Crippen LogP contribution < -0.4 is 16.0 Å². The van der Waals surface area contributed by atoms with Crippen molar-refractivity contribution in [2.75, 3.05) is 24.5 Å². The highest BCUT2D eigenvalue weighted by Gasteiger charge is 2.24. The minimum Gasteiger partial charge on any atom is -0.370 e. The molecule has 0 aliphatic carbocycles. The molecule has 4 heteroatoms. The monoisotopic (exact) mass is 261 g/mol. The molecule has 1 aliphatic rings. The Hall–Kier alpha value is -1.55. The summed E-state index contributed by atoms with van der Waals surface area (Å²) in [6.45, 7) is 5.68. The van der Waals surface area contributed by atoms with Crippen LogP contribution in [0.15, 0.2) is 24.3 Å². The summed E-state index contributed by atoms with van der Waals surface area (Å²) >= 11 is 0. The van der Waals surface area contributed by atoms with E-state index < -0.39 is 0 Å². The predicted molar refractivity (Wildman–Crippen MR) is 78.0 cm³/mol. The maximum Gasteiger partial charge on any atom is 0.222 e. The van der Waals surface area contributed by atoms with Crippen molar-refractivity contribution in [1.29, 1.82) is 0 Å². The number of para-hydroxylation sites is 1. The van der Waals surface area contributed by atoms with Crippen molar-refractivity contribution in [3.8, 4) is 0 Å². The average Bonchev–Trinajstić information content (AvgIpc) is 2.45. The number of carbonyl (C=O) groups is 1. The first-order valence-electron chi connectivity index (χ1n) is 7.05. The van der Waals surface area contributed by atoms with Crippen LogP contribution in [0.1, 0.15) is 25.3 Å². The van der Waals surface area contributed by atoms with Crippen LogP contribution >= 0.6 is 0 Å². The number of piperidine rings is 1. The number of anilines is 1. The number of carbonyl (C=O) groups excluding carboxylic acids is 1. The van der Waals surface area contributed by atoms with Crippen molar-refractivity contribution >= 4 is 11.6 Å². The van der Waals surface area contributed by atoms with Crippen LogP contribution in [-0.4, -0.2) is 25.5 Å². The van der Waals surface area contributed by atoms with Crippen LogP contribution in [0.5, 0.6) is 0 Å². The van der Waals surface area contributed by atoms with Crippen molar-refractivity contribution in [1.82, 2.24) is 5.32 Å². The van der Waals surface area contributed by atoms with E-state index in [9.17, 15) is 4.79 Å². The molecule has 19 heavy (non-hydrogen) atoms. The minimum absolute atomic E-state index is 0.0130.